The molecule has 43 heavy (non-hydrogen) atoms. The normalized spacial score (nSPS) is 20.8. The summed E-state index contributed by atoms with van der Waals surface area (Å²) < 4.78 is 25.9. The molecule has 0 unspecified atom stereocenters. The third-order valence-electron chi connectivity index (χ3n) is 7.13. The molecule has 0 spiro atoms. The number of fused-ring (bicyclic) bond motifs is 1. The second kappa shape index (κ2) is 14.0. The lowest BCUT2D eigenvalue weighted by molar-refractivity contribution is -0.147. The van der Waals surface area contributed by atoms with E-state index in [9.17, 15) is 23.6 Å². The molecular formula is C29H32FN7O6. The zero-order valence-corrected chi connectivity index (χ0v) is 23.4. The molecule has 2 aliphatic heterocycles. The molecule has 0 aliphatic carbocycles. The highest BCUT2D eigenvalue weighted by Crippen LogP contribution is 2.16. The number of carbonyl (C=O) groups excluding carboxylic acids is 4. The molecule has 226 valence electrons. The Morgan fingerprint density at radius 1 is 0.953 bits per heavy atom. The van der Waals surface area contributed by atoms with Crippen LogP contribution in [0, 0.1) is 5.82 Å². The molecule has 4 amide bonds. The lowest BCUT2D eigenvalue weighted by Gasteiger charge is -2.41. The largest absolute Gasteiger partial charge is 0.377 e. The van der Waals surface area contributed by atoms with E-state index in [0.29, 0.717) is 5.69 Å². The van der Waals surface area contributed by atoms with Crippen LogP contribution in [0.15, 0.2) is 60.8 Å². The van der Waals surface area contributed by atoms with Crippen molar-refractivity contribution in [3.63, 3.8) is 0 Å². The van der Waals surface area contributed by atoms with Crippen molar-refractivity contribution in [2.75, 3.05) is 52.6 Å². The quantitative estimate of drug-likeness (QED) is 0.428. The van der Waals surface area contributed by atoms with E-state index in [1.807, 2.05) is 30.3 Å². The number of hydrogen-bond acceptors (Lipinski definition) is 8. The molecule has 0 bridgehead atoms. The minimum atomic E-state index is -1.11. The fourth-order valence-electron chi connectivity index (χ4n) is 4.88. The number of hydrogen-bond donors (Lipinski definition) is 2. The fraction of sp³-hybridized carbons (Fsp3) is 0.379. The van der Waals surface area contributed by atoms with Gasteiger partial charge in [-0.15, -0.1) is 5.10 Å². The number of nitrogens with zero attached hydrogens (tertiary/aromatic N) is 5. The van der Waals surface area contributed by atoms with E-state index in [4.69, 9.17) is 9.47 Å². The van der Waals surface area contributed by atoms with Gasteiger partial charge in [-0.05, 0) is 36.4 Å². The standard InChI is InChI=1S/C29H32FN7O6/c30-21-8-6-20(7-9-21)29(41)35-11-12-36-25(18-35)28(40)32-24(27(39)31-10-13-42-14-15-43-19-26(36)38)16-22-17-37(34-33-22)23-4-2-1-3-5-23/h1-9,17,24-25H,10-16,18-19H2,(H,31,39)(H,32,40)/t24-,25+/m1/s1. The number of aromatic nitrogens is 3. The van der Waals surface area contributed by atoms with E-state index in [2.05, 4.69) is 20.9 Å². The third-order valence-corrected chi connectivity index (χ3v) is 7.13. The summed E-state index contributed by atoms with van der Waals surface area (Å²) in [7, 11) is 0. The van der Waals surface area contributed by atoms with Crippen molar-refractivity contribution in [1.29, 1.82) is 0 Å². The van der Waals surface area contributed by atoms with Crippen LogP contribution in [0.25, 0.3) is 5.69 Å². The van der Waals surface area contributed by atoms with Gasteiger partial charge in [-0.1, -0.05) is 23.4 Å². The van der Waals surface area contributed by atoms with Crippen LogP contribution < -0.4 is 10.6 Å². The molecule has 2 saturated heterocycles. The number of para-hydroxylation sites is 1. The second-order valence-electron chi connectivity index (χ2n) is 10.1. The Balaban J connectivity index is 1.37. The topological polar surface area (TPSA) is 148 Å². The molecular weight excluding hydrogens is 561 g/mol. The first-order chi connectivity index (χ1) is 20.9. The molecule has 2 aromatic carbocycles. The lowest BCUT2D eigenvalue weighted by atomic mass is 10.1. The van der Waals surface area contributed by atoms with Gasteiger partial charge in [0, 0.05) is 31.6 Å². The van der Waals surface area contributed by atoms with Crippen LogP contribution in [-0.4, -0.2) is 113 Å². The number of nitrogens with one attached hydrogen (secondary N) is 2. The van der Waals surface area contributed by atoms with Gasteiger partial charge in [0.2, 0.25) is 17.7 Å². The van der Waals surface area contributed by atoms with Gasteiger partial charge in [-0.2, -0.15) is 0 Å². The van der Waals surface area contributed by atoms with Gasteiger partial charge >= 0.3 is 0 Å². The molecule has 13 nitrogen and oxygen atoms in total. The highest BCUT2D eigenvalue weighted by Gasteiger charge is 2.38. The van der Waals surface area contributed by atoms with Crippen molar-refractivity contribution in [2.24, 2.45) is 0 Å². The number of benzene rings is 2. The van der Waals surface area contributed by atoms with Crippen molar-refractivity contribution in [3.05, 3.63) is 77.9 Å². The van der Waals surface area contributed by atoms with Gasteiger partial charge in [0.1, 0.15) is 24.5 Å². The number of amides is 4. The first-order valence-electron chi connectivity index (χ1n) is 13.9. The number of piperazine rings is 1. The first-order valence-corrected chi connectivity index (χ1v) is 13.9. The van der Waals surface area contributed by atoms with Gasteiger partial charge in [-0.25, -0.2) is 9.07 Å². The van der Waals surface area contributed by atoms with Gasteiger partial charge in [0.25, 0.3) is 5.91 Å². The smallest absolute Gasteiger partial charge is 0.254 e. The van der Waals surface area contributed by atoms with Crippen LogP contribution in [0.4, 0.5) is 4.39 Å². The zero-order valence-electron chi connectivity index (χ0n) is 23.4. The van der Waals surface area contributed by atoms with E-state index in [1.54, 1.807) is 10.9 Å². The number of ether oxygens (including phenoxy) is 2. The minimum Gasteiger partial charge on any atom is -0.377 e. The summed E-state index contributed by atoms with van der Waals surface area (Å²) in [5.74, 6) is -2.41. The molecule has 3 aromatic rings. The Morgan fingerprint density at radius 3 is 2.51 bits per heavy atom. The summed E-state index contributed by atoms with van der Waals surface area (Å²) in [6.07, 6.45) is 1.69. The highest BCUT2D eigenvalue weighted by molar-refractivity contribution is 5.96. The van der Waals surface area contributed by atoms with Crippen LogP contribution in [0.2, 0.25) is 0 Å². The van der Waals surface area contributed by atoms with Gasteiger partial charge < -0.3 is 29.9 Å². The predicted molar refractivity (Wildman–Crippen MR) is 149 cm³/mol. The lowest BCUT2D eigenvalue weighted by Crippen LogP contribution is -2.64. The maximum absolute atomic E-state index is 13.8. The Hall–Kier alpha value is -4.69. The molecule has 2 fully saturated rings. The van der Waals surface area contributed by atoms with E-state index >= 15 is 0 Å². The van der Waals surface area contributed by atoms with E-state index in [1.165, 1.54) is 34.1 Å². The summed E-state index contributed by atoms with van der Waals surface area (Å²) in [5, 5.41) is 13.9. The average molecular weight is 594 g/mol. The van der Waals surface area contributed by atoms with Crippen LogP contribution in [-0.2, 0) is 30.3 Å². The monoisotopic (exact) mass is 593 g/mol. The van der Waals surface area contributed by atoms with Crippen molar-refractivity contribution < 1.29 is 33.0 Å². The number of rotatable bonds is 4. The van der Waals surface area contributed by atoms with Crippen LogP contribution in [0.1, 0.15) is 16.1 Å². The molecule has 14 heteroatoms. The van der Waals surface area contributed by atoms with E-state index in [0.717, 1.165) is 5.69 Å². The predicted octanol–water partition coefficient (Wildman–Crippen LogP) is -0.0501. The summed E-state index contributed by atoms with van der Waals surface area (Å²) in [6, 6.07) is 12.2. The van der Waals surface area contributed by atoms with Gasteiger partial charge in [0.05, 0.1) is 43.9 Å². The first kappa shape index (κ1) is 29.8. The molecule has 1 aromatic heterocycles. The summed E-state index contributed by atoms with van der Waals surface area (Å²) >= 11 is 0. The van der Waals surface area contributed by atoms with Gasteiger partial charge in [0.15, 0.2) is 0 Å². The van der Waals surface area contributed by atoms with Crippen molar-refractivity contribution in [2.45, 2.75) is 18.5 Å². The highest BCUT2D eigenvalue weighted by atomic mass is 19.1. The molecule has 2 N–H and O–H groups in total. The Kier molecular flexibility index (Phi) is 9.69. The van der Waals surface area contributed by atoms with Crippen LogP contribution in [0.3, 0.4) is 0 Å². The molecule has 0 radical (unpaired) electrons. The number of halogens is 1. The fourth-order valence-corrected chi connectivity index (χ4v) is 4.88. The maximum atomic E-state index is 13.8. The molecule has 3 heterocycles. The Morgan fingerprint density at radius 2 is 1.72 bits per heavy atom. The average Bonchev–Trinajstić information content (AvgIpc) is 3.50. The van der Waals surface area contributed by atoms with E-state index in [-0.39, 0.29) is 64.6 Å². The Labute approximate surface area is 246 Å². The zero-order chi connectivity index (χ0) is 30.2. The summed E-state index contributed by atoms with van der Waals surface area (Å²) in [5.41, 5.74) is 1.48. The van der Waals surface area contributed by atoms with Crippen LogP contribution >= 0.6 is 0 Å². The third kappa shape index (κ3) is 7.59. The van der Waals surface area contributed by atoms with Crippen molar-refractivity contribution >= 4 is 23.6 Å². The molecule has 2 aliphatic rings. The van der Waals surface area contributed by atoms with Crippen LogP contribution in [0.5, 0.6) is 0 Å². The maximum Gasteiger partial charge on any atom is 0.254 e. The molecule has 2 atom stereocenters. The summed E-state index contributed by atoms with van der Waals surface area (Å²) in [4.78, 5) is 56.1. The van der Waals surface area contributed by atoms with Crippen molar-refractivity contribution in [1.82, 2.24) is 35.4 Å². The Bertz CT molecular complexity index is 1430. The van der Waals surface area contributed by atoms with E-state index < -0.39 is 41.5 Å². The second-order valence-corrected chi connectivity index (χ2v) is 10.1. The SMILES string of the molecule is O=C1NCCOCCOCC(=O)N2CCN(C(=O)c3ccc(F)cc3)C[C@H]2C(=O)N[C@@H]1Cc1cn(-c2ccccc2)nn1. The molecule has 0 saturated carbocycles. The number of carbonyl (C=O) groups is 4. The summed E-state index contributed by atoms with van der Waals surface area (Å²) in [6.45, 7) is 0.583. The van der Waals surface area contributed by atoms with Gasteiger partial charge in [-0.3, -0.25) is 19.2 Å². The van der Waals surface area contributed by atoms with Crippen molar-refractivity contribution in [3.8, 4) is 5.69 Å². The minimum absolute atomic E-state index is 0.0211. The molecule has 5 rings (SSSR count).